The Bertz CT molecular complexity index is 565. The lowest BCUT2D eigenvalue weighted by Crippen LogP contribution is -2.81. The molecule has 25 heavy (non-hydrogen) atoms. The molecule has 142 valence electrons. The molecule has 0 aliphatic carbocycles. The minimum atomic E-state index is -1.75. The van der Waals surface area contributed by atoms with Crippen LogP contribution in [0.15, 0.2) is 24.3 Å². The number of fused-ring (bicyclic) bond motifs is 1. The Morgan fingerprint density at radius 1 is 1.32 bits per heavy atom. The zero-order chi connectivity index (χ0) is 17.9. The number of aliphatic hydroxyl groups is 1. The Balaban J connectivity index is 0.00000104. The molecule has 0 amide bonds. The van der Waals surface area contributed by atoms with Gasteiger partial charge in [0.2, 0.25) is 0 Å². The minimum absolute atomic E-state index is 0. The van der Waals surface area contributed by atoms with Crippen LogP contribution < -0.4 is 15.0 Å². The Labute approximate surface area is 164 Å². The second-order valence-corrected chi connectivity index (χ2v) is 5.42. The highest BCUT2D eigenvalue weighted by atomic mass is 127. The number of unbranched alkanes of at least 4 members (excludes halogenated alkanes) is 2. The van der Waals surface area contributed by atoms with Crippen molar-refractivity contribution < 1.29 is 20.2 Å². The molecule has 1 heterocycles. The highest BCUT2D eigenvalue weighted by Crippen LogP contribution is 2.30. The molecule has 0 radical (unpaired) electrons. The van der Waals surface area contributed by atoms with Crippen molar-refractivity contribution in [1.29, 1.82) is 0 Å². The predicted molar refractivity (Wildman–Crippen MR) is 108 cm³/mol. The first-order chi connectivity index (χ1) is 11.5. The lowest BCUT2D eigenvalue weighted by Gasteiger charge is -2.26. The number of anilines is 1. The second-order valence-electron chi connectivity index (χ2n) is 5.42. The molecule has 0 fully saturated rings. The summed E-state index contributed by atoms with van der Waals surface area (Å²) in [6.45, 7) is 2.31. The van der Waals surface area contributed by atoms with E-state index in [4.69, 9.17) is 25.2 Å². The zero-order valence-electron chi connectivity index (χ0n) is 14.5. The van der Waals surface area contributed by atoms with Gasteiger partial charge in [-0.2, -0.15) is 0 Å². The van der Waals surface area contributed by atoms with Gasteiger partial charge in [-0.3, -0.25) is 0 Å². The molecule has 0 saturated carbocycles. The van der Waals surface area contributed by atoms with Crippen LogP contribution in [0, 0.1) is 15.3 Å². The van der Waals surface area contributed by atoms with Crippen LogP contribution in [0.5, 0.6) is 5.75 Å². The standard InChI is InChI=1S/C16H24N2O2.HI.NO3/c1-18-10-8-15(17-9-4-3-5-11-19)14-7-6-13(20-2)12-16(14)18;;2-1(3)4/h6-8,12,17,19H,3-5,9-11H2,1-2H3;1H;/q;;-1/p+1. The summed E-state index contributed by atoms with van der Waals surface area (Å²) in [5.74, 6) is 0.903. The molecule has 1 aliphatic rings. The molecular formula is C16H26IN3O5. The van der Waals surface area contributed by atoms with Crippen molar-refractivity contribution in [3.8, 4) is 5.75 Å². The fourth-order valence-electron chi connectivity index (χ4n) is 2.53. The SMILES string of the molecule is COc1ccc2c(c1)N(C)CC=C2[NH2+]CCCCCO.I.O=[N+]([O-])[O-]. The normalized spacial score (nSPS) is 12.1. The third-order valence-electron chi connectivity index (χ3n) is 3.74. The van der Waals surface area contributed by atoms with Crippen LogP contribution in [-0.2, 0) is 0 Å². The van der Waals surface area contributed by atoms with Gasteiger partial charge in [0, 0.05) is 26.3 Å². The summed E-state index contributed by atoms with van der Waals surface area (Å²) in [6.07, 6.45) is 5.42. The number of aliphatic hydroxyl groups excluding tert-OH is 1. The number of ether oxygens (including phenoxy) is 1. The first-order valence-electron chi connectivity index (χ1n) is 7.85. The number of rotatable bonds is 7. The van der Waals surface area contributed by atoms with E-state index in [1.165, 1.54) is 16.9 Å². The number of methoxy groups -OCH3 is 1. The van der Waals surface area contributed by atoms with Crippen LogP contribution in [0.1, 0.15) is 24.8 Å². The van der Waals surface area contributed by atoms with Crippen molar-refractivity contribution >= 4 is 35.4 Å². The Morgan fingerprint density at radius 3 is 2.60 bits per heavy atom. The van der Waals surface area contributed by atoms with Gasteiger partial charge in [-0.25, -0.2) is 0 Å². The number of likely N-dealkylation sites (N-methyl/N-ethyl adjacent to an activating group) is 1. The van der Waals surface area contributed by atoms with Crippen molar-refractivity contribution in [2.45, 2.75) is 19.3 Å². The monoisotopic (exact) mass is 467 g/mol. The van der Waals surface area contributed by atoms with Gasteiger partial charge in [-0.15, -0.1) is 24.0 Å². The summed E-state index contributed by atoms with van der Waals surface area (Å²) in [6, 6.07) is 6.26. The van der Waals surface area contributed by atoms with Crippen LogP contribution in [-0.4, -0.2) is 44.0 Å². The third-order valence-corrected chi connectivity index (χ3v) is 3.74. The fourth-order valence-corrected chi connectivity index (χ4v) is 2.53. The van der Waals surface area contributed by atoms with E-state index in [1.807, 2.05) is 6.07 Å². The van der Waals surface area contributed by atoms with Gasteiger partial charge >= 0.3 is 0 Å². The summed E-state index contributed by atoms with van der Waals surface area (Å²) in [5, 5.41) is 25.8. The molecule has 0 bridgehead atoms. The van der Waals surface area contributed by atoms with Crippen LogP contribution >= 0.6 is 24.0 Å². The van der Waals surface area contributed by atoms with Gasteiger partial charge in [-0.05, 0) is 37.5 Å². The number of hydrogen-bond acceptors (Lipinski definition) is 6. The van der Waals surface area contributed by atoms with Crippen molar-refractivity contribution in [3.05, 3.63) is 45.2 Å². The highest BCUT2D eigenvalue weighted by Gasteiger charge is 2.19. The van der Waals surface area contributed by atoms with Gasteiger partial charge in [0.1, 0.15) is 11.4 Å². The molecule has 1 aliphatic heterocycles. The highest BCUT2D eigenvalue weighted by molar-refractivity contribution is 14.0. The van der Waals surface area contributed by atoms with Crippen LogP contribution in [0.2, 0.25) is 0 Å². The van der Waals surface area contributed by atoms with Crippen LogP contribution in [0.3, 0.4) is 0 Å². The average Bonchev–Trinajstić information content (AvgIpc) is 2.56. The summed E-state index contributed by atoms with van der Waals surface area (Å²) in [4.78, 5) is 10.5. The quantitative estimate of drug-likeness (QED) is 0.273. The third kappa shape index (κ3) is 8.36. The molecule has 0 saturated heterocycles. The van der Waals surface area contributed by atoms with E-state index in [0.29, 0.717) is 6.61 Å². The van der Waals surface area contributed by atoms with E-state index >= 15 is 0 Å². The van der Waals surface area contributed by atoms with Gasteiger partial charge in [0.25, 0.3) is 0 Å². The molecule has 1 aromatic rings. The molecule has 0 unspecified atom stereocenters. The fraction of sp³-hybridized carbons (Fsp3) is 0.500. The van der Waals surface area contributed by atoms with Gasteiger partial charge in [0.15, 0.2) is 0 Å². The maximum atomic E-state index is 8.78. The Kier molecular flexibility index (Phi) is 11.9. The van der Waals surface area contributed by atoms with Crippen LogP contribution in [0.4, 0.5) is 5.69 Å². The lowest BCUT2D eigenvalue weighted by atomic mass is 10.0. The minimum Gasteiger partial charge on any atom is -0.497 e. The average molecular weight is 467 g/mol. The number of nitrogens with two attached hydrogens (primary N) is 1. The van der Waals surface area contributed by atoms with Gasteiger partial charge in [0.05, 0.1) is 30.0 Å². The van der Waals surface area contributed by atoms with E-state index in [-0.39, 0.29) is 24.0 Å². The number of hydrogen-bond donors (Lipinski definition) is 2. The molecular weight excluding hydrogens is 441 g/mol. The predicted octanol–water partition coefficient (Wildman–Crippen LogP) is 1.59. The smallest absolute Gasteiger partial charge is 0.136 e. The number of quaternary nitrogens is 1. The molecule has 9 heteroatoms. The van der Waals surface area contributed by atoms with Crippen molar-refractivity contribution in [1.82, 2.24) is 0 Å². The van der Waals surface area contributed by atoms with E-state index in [2.05, 4.69) is 35.5 Å². The molecule has 8 nitrogen and oxygen atoms in total. The topological polar surface area (TPSA) is 116 Å². The van der Waals surface area contributed by atoms with Crippen LogP contribution in [0.25, 0.3) is 5.70 Å². The first kappa shape index (κ1) is 23.4. The summed E-state index contributed by atoms with van der Waals surface area (Å²) in [7, 11) is 3.81. The molecule has 0 aromatic heterocycles. The van der Waals surface area contributed by atoms with E-state index in [0.717, 1.165) is 38.1 Å². The van der Waals surface area contributed by atoms with E-state index < -0.39 is 5.09 Å². The van der Waals surface area contributed by atoms with E-state index in [1.54, 1.807) is 7.11 Å². The second kappa shape index (κ2) is 12.7. The Hall–Kier alpha value is -1.59. The summed E-state index contributed by atoms with van der Waals surface area (Å²) < 4.78 is 5.31. The maximum Gasteiger partial charge on any atom is 0.136 e. The molecule has 2 rings (SSSR count). The largest absolute Gasteiger partial charge is 0.497 e. The van der Waals surface area contributed by atoms with Crippen molar-refractivity contribution in [3.63, 3.8) is 0 Å². The summed E-state index contributed by atoms with van der Waals surface area (Å²) >= 11 is 0. The van der Waals surface area contributed by atoms with Gasteiger partial charge < -0.3 is 35.4 Å². The number of benzene rings is 1. The zero-order valence-corrected chi connectivity index (χ0v) is 16.8. The Morgan fingerprint density at radius 2 is 2.00 bits per heavy atom. The molecule has 0 spiro atoms. The number of halogens is 1. The van der Waals surface area contributed by atoms with Crippen molar-refractivity contribution in [2.24, 2.45) is 0 Å². The molecule has 0 atom stereocenters. The molecule has 1 aromatic carbocycles. The lowest BCUT2D eigenvalue weighted by molar-refractivity contribution is -0.563. The molecule has 3 N–H and O–H groups in total. The maximum absolute atomic E-state index is 8.78. The number of nitrogens with zero attached hydrogens (tertiary/aromatic N) is 2. The van der Waals surface area contributed by atoms with Gasteiger partial charge in [-0.1, -0.05) is 0 Å². The first-order valence-corrected chi connectivity index (χ1v) is 7.85. The van der Waals surface area contributed by atoms with E-state index in [9.17, 15) is 0 Å². The van der Waals surface area contributed by atoms with Crippen molar-refractivity contribution in [2.75, 3.05) is 38.8 Å². The summed E-state index contributed by atoms with van der Waals surface area (Å²) in [5.41, 5.74) is 3.83.